The first kappa shape index (κ1) is 6.98. The van der Waals surface area contributed by atoms with Gasteiger partial charge in [0.05, 0.1) is 0 Å². The van der Waals surface area contributed by atoms with E-state index in [9.17, 15) is 14.0 Å². The molecule has 0 aromatic carbocycles. The van der Waals surface area contributed by atoms with Crippen molar-refractivity contribution in [2.45, 2.75) is 18.6 Å². The lowest BCUT2D eigenvalue weighted by molar-refractivity contribution is -0.140. The fraction of sp³-hybridized carbons (Fsp3) is 0.600. The van der Waals surface area contributed by atoms with E-state index < -0.39 is 24.1 Å². The Morgan fingerprint density at radius 1 is 1.80 bits per heavy atom. The van der Waals surface area contributed by atoms with E-state index in [1.807, 2.05) is 5.32 Å². The molecule has 0 bridgehead atoms. The molecule has 56 valence electrons. The Labute approximate surface area is 56.0 Å². The van der Waals surface area contributed by atoms with E-state index in [1.165, 1.54) is 0 Å². The highest BCUT2D eigenvalue weighted by atomic mass is 19.1. The van der Waals surface area contributed by atoms with Crippen LogP contribution < -0.4 is 5.32 Å². The second-order valence-electron chi connectivity index (χ2n) is 2.10. The summed E-state index contributed by atoms with van der Waals surface area (Å²) in [6, 6.07) is -1.04. The second-order valence-corrected chi connectivity index (χ2v) is 2.10. The topological polar surface area (TPSA) is 66.4 Å². The van der Waals surface area contributed by atoms with Crippen molar-refractivity contribution in [2.24, 2.45) is 0 Å². The molecule has 4 nitrogen and oxygen atoms in total. The predicted octanol–water partition coefficient (Wildman–Crippen LogP) is -0.702. The van der Waals surface area contributed by atoms with Gasteiger partial charge in [-0.05, 0) is 0 Å². The van der Waals surface area contributed by atoms with Gasteiger partial charge >= 0.3 is 5.97 Å². The monoisotopic (exact) mass is 147 g/mol. The Kier molecular flexibility index (Phi) is 1.57. The first-order valence-corrected chi connectivity index (χ1v) is 2.78. The van der Waals surface area contributed by atoms with Gasteiger partial charge in [0.1, 0.15) is 6.04 Å². The zero-order chi connectivity index (χ0) is 7.72. The molecule has 1 aliphatic rings. The zero-order valence-electron chi connectivity index (χ0n) is 5.00. The fourth-order valence-electron chi connectivity index (χ4n) is 0.798. The fourth-order valence-corrected chi connectivity index (χ4v) is 0.798. The van der Waals surface area contributed by atoms with Gasteiger partial charge in [-0.2, -0.15) is 0 Å². The number of halogens is 1. The number of amides is 1. The summed E-state index contributed by atoms with van der Waals surface area (Å²) in [6.07, 6.45) is -1.91. The van der Waals surface area contributed by atoms with E-state index in [4.69, 9.17) is 5.11 Å². The van der Waals surface area contributed by atoms with E-state index in [0.29, 0.717) is 0 Å². The summed E-state index contributed by atoms with van der Waals surface area (Å²) >= 11 is 0. The van der Waals surface area contributed by atoms with Crippen molar-refractivity contribution >= 4 is 11.9 Å². The molecule has 1 unspecified atom stereocenters. The van der Waals surface area contributed by atoms with Crippen LogP contribution in [0.5, 0.6) is 0 Å². The Hall–Kier alpha value is -1.13. The lowest BCUT2D eigenvalue weighted by Crippen LogP contribution is -2.32. The summed E-state index contributed by atoms with van der Waals surface area (Å²) in [5, 5.41) is 10.3. The average molecular weight is 147 g/mol. The minimum absolute atomic E-state index is 0.256. The largest absolute Gasteiger partial charge is 0.480 e. The highest BCUT2D eigenvalue weighted by Gasteiger charge is 2.35. The van der Waals surface area contributed by atoms with Crippen molar-refractivity contribution in [3.8, 4) is 0 Å². The van der Waals surface area contributed by atoms with E-state index >= 15 is 0 Å². The molecule has 1 heterocycles. The Balaban J connectivity index is 2.57. The maximum atomic E-state index is 12.3. The van der Waals surface area contributed by atoms with E-state index in [2.05, 4.69) is 0 Å². The lowest BCUT2D eigenvalue weighted by atomic mass is 10.2. The Morgan fingerprint density at radius 3 is 2.60 bits per heavy atom. The van der Waals surface area contributed by atoms with Crippen molar-refractivity contribution in [3.05, 3.63) is 0 Å². The van der Waals surface area contributed by atoms with Gasteiger partial charge in [0, 0.05) is 6.42 Å². The van der Waals surface area contributed by atoms with Crippen LogP contribution in [0, 0.1) is 0 Å². The number of hydrogen-bond donors (Lipinski definition) is 2. The van der Waals surface area contributed by atoms with Gasteiger partial charge in [0.15, 0.2) is 6.17 Å². The van der Waals surface area contributed by atoms with Crippen molar-refractivity contribution in [1.29, 1.82) is 0 Å². The molecule has 2 atom stereocenters. The van der Waals surface area contributed by atoms with Gasteiger partial charge in [-0.1, -0.05) is 0 Å². The zero-order valence-corrected chi connectivity index (χ0v) is 5.00. The first-order chi connectivity index (χ1) is 4.61. The van der Waals surface area contributed by atoms with E-state index in [-0.39, 0.29) is 6.42 Å². The molecule has 0 saturated carbocycles. The SMILES string of the molecule is O=C1N[C@@H](C(=O)O)CC1F. The number of carboxylic acids is 1. The minimum atomic E-state index is -1.65. The van der Waals surface area contributed by atoms with Crippen molar-refractivity contribution in [2.75, 3.05) is 0 Å². The molecule has 0 radical (unpaired) electrons. The summed E-state index contributed by atoms with van der Waals surface area (Å²) in [5.41, 5.74) is 0. The predicted molar refractivity (Wildman–Crippen MR) is 29.1 cm³/mol. The van der Waals surface area contributed by atoms with Gasteiger partial charge in [0.2, 0.25) is 0 Å². The highest BCUT2D eigenvalue weighted by Crippen LogP contribution is 2.10. The maximum absolute atomic E-state index is 12.3. The summed E-state index contributed by atoms with van der Waals surface area (Å²) in [4.78, 5) is 20.5. The lowest BCUT2D eigenvalue weighted by Gasteiger charge is -1.99. The molecule has 0 spiro atoms. The molecule has 0 aliphatic carbocycles. The van der Waals surface area contributed by atoms with Crippen LogP contribution in [0.3, 0.4) is 0 Å². The molecule has 0 aromatic heterocycles. The van der Waals surface area contributed by atoms with Crippen LogP contribution in [0.15, 0.2) is 0 Å². The molecule has 1 fully saturated rings. The summed E-state index contributed by atoms with van der Waals surface area (Å²) in [6.45, 7) is 0. The molecular formula is C5H6FNO3. The number of alkyl halides is 1. The van der Waals surface area contributed by atoms with Gasteiger partial charge in [-0.25, -0.2) is 9.18 Å². The van der Waals surface area contributed by atoms with Crippen molar-refractivity contribution in [1.82, 2.24) is 5.32 Å². The number of carboxylic acid groups (broad SMARTS) is 1. The van der Waals surface area contributed by atoms with E-state index in [0.717, 1.165) is 0 Å². The number of aliphatic carboxylic acids is 1. The summed E-state index contributed by atoms with van der Waals surface area (Å²) < 4.78 is 12.3. The average Bonchev–Trinajstić information content (AvgIpc) is 2.13. The molecular weight excluding hydrogens is 141 g/mol. The molecule has 1 aliphatic heterocycles. The van der Waals surface area contributed by atoms with Crippen LogP contribution in [0.2, 0.25) is 0 Å². The normalized spacial score (nSPS) is 31.9. The van der Waals surface area contributed by atoms with Gasteiger partial charge < -0.3 is 10.4 Å². The second kappa shape index (κ2) is 2.24. The third kappa shape index (κ3) is 1.07. The van der Waals surface area contributed by atoms with E-state index in [1.54, 1.807) is 0 Å². The van der Waals surface area contributed by atoms with Crippen LogP contribution >= 0.6 is 0 Å². The smallest absolute Gasteiger partial charge is 0.326 e. The molecule has 0 aromatic rings. The number of carbonyl (C=O) groups excluding carboxylic acids is 1. The third-order valence-electron chi connectivity index (χ3n) is 1.34. The summed E-state index contributed by atoms with van der Waals surface area (Å²) in [7, 11) is 0. The highest BCUT2D eigenvalue weighted by molar-refractivity contribution is 5.90. The molecule has 1 rings (SSSR count). The van der Waals surface area contributed by atoms with Crippen molar-refractivity contribution < 1.29 is 19.1 Å². The molecule has 1 saturated heterocycles. The third-order valence-corrected chi connectivity index (χ3v) is 1.34. The number of rotatable bonds is 1. The number of carbonyl (C=O) groups is 2. The van der Waals surface area contributed by atoms with Gasteiger partial charge in [-0.15, -0.1) is 0 Å². The summed E-state index contributed by atoms with van der Waals surface area (Å²) in [5.74, 6) is -2.01. The minimum Gasteiger partial charge on any atom is -0.480 e. The maximum Gasteiger partial charge on any atom is 0.326 e. The number of nitrogens with one attached hydrogen (secondary N) is 1. The molecule has 2 N–H and O–H groups in total. The standard InChI is InChI=1S/C5H6FNO3/c6-2-1-3(5(9)10)7-4(2)8/h2-3H,1H2,(H,7,8)(H,9,10)/t2?,3-/m1/s1. The van der Waals surface area contributed by atoms with Crippen LogP contribution in [-0.2, 0) is 9.59 Å². The van der Waals surface area contributed by atoms with Crippen LogP contribution in [0.4, 0.5) is 4.39 Å². The number of hydrogen-bond acceptors (Lipinski definition) is 2. The molecule has 5 heteroatoms. The van der Waals surface area contributed by atoms with Crippen LogP contribution in [0.1, 0.15) is 6.42 Å². The van der Waals surface area contributed by atoms with Crippen LogP contribution in [0.25, 0.3) is 0 Å². The Morgan fingerprint density at radius 2 is 2.40 bits per heavy atom. The molecule has 1 amide bonds. The van der Waals surface area contributed by atoms with Crippen molar-refractivity contribution in [3.63, 3.8) is 0 Å². The Bertz CT molecular complexity index is 182. The van der Waals surface area contributed by atoms with Gasteiger partial charge in [0.25, 0.3) is 5.91 Å². The first-order valence-electron chi connectivity index (χ1n) is 2.78. The van der Waals surface area contributed by atoms with Crippen LogP contribution in [-0.4, -0.2) is 29.2 Å². The quantitative estimate of drug-likeness (QED) is 0.515. The van der Waals surface area contributed by atoms with Gasteiger partial charge in [-0.3, -0.25) is 4.79 Å². The molecule has 10 heavy (non-hydrogen) atoms.